The van der Waals surface area contributed by atoms with Crippen LogP contribution in [-0.2, 0) is 6.18 Å². The van der Waals surface area contributed by atoms with Crippen LogP contribution in [0.25, 0.3) is 10.9 Å². The maximum absolute atomic E-state index is 14.3. The lowest BCUT2D eigenvalue weighted by atomic mass is 10.1. The Kier molecular flexibility index (Phi) is 7.84. The van der Waals surface area contributed by atoms with Gasteiger partial charge in [-0.2, -0.15) is 18.3 Å². The number of amides is 2. The van der Waals surface area contributed by atoms with E-state index in [1.54, 1.807) is 30.5 Å². The van der Waals surface area contributed by atoms with Crippen LogP contribution in [0.5, 0.6) is 5.75 Å². The number of nitrogens with zero attached hydrogens (tertiary/aromatic N) is 2. The number of rotatable bonds is 8. The highest BCUT2D eigenvalue weighted by atomic mass is 19.4. The number of aromatic amines is 1. The van der Waals surface area contributed by atoms with Crippen molar-refractivity contribution >= 4 is 51.3 Å². The van der Waals surface area contributed by atoms with Gasteiger partial charge in [-0.15, -0.1) is 0 Å². The molecule has 5 N–H and O–H groups in total. The predicted molar refractivity (Wildman–Crippen MR) is 153 cm³/mol. The number of anilines is 5. The summed E-state index contributed by atoms with van der Waals surface area (Å²) in [7, 11) is 2.85. The molecule has 0 aliphatic carbocycles. The van der Waals surface area contributed by atoms with Crippen LogP contribution in [0, 0.1) is 5.82 Å². The first-order chi connectivity index (χ1) is 20.6. The Bertz CT molecular complexity index is 1840. The first-order valence-corrected chi connectivity index (χ1v) is 12.6. The maximum atomic E-state index is 14.3. The van der Waals surface area contributed by atoms with E-state index in [9.17, 15) is 27.2 Å². The molecule has 2 amide bonds. The summed E-state index contributed by atoms with van der Waals surface area (Å²) in [6, 6.07) is 13.6. The van der Waals surface area contributed by atoms with Gasteiger partial charge in [0, 0.05) is 19.3 Å². The lowest BCUT2D eigenvalue weighted by molar-refractivity contribution is -0.137. The minimum absolute atomic E-state index is 0.0178. The molecule has 0 bridgehead atoms. The number of carbonyl (C=O) groups excluding carboxylic acids is 2. The molecular formula is C29H23F4N7O3. The third kappa shape index (κ3) is 6.02. The van der Waals surface area contributed by atoms with Crippen molar-refractivity contribution in [2.75, 3.05) is 30.1 Å². The topological polar surface area (TPSA) is 133 Å². The largest absolute Gasteiger partial charge is 0.494 e. The number of halogens is 4. The van der Waals surface area contributed by atoms with Gasteiger partial charge in [-0.1, -0.05) is 12.1 Å². The van der Waals surface area contributed by atoms with E-state index in [-0.39, 0.29) is 28.3 Å². The monoisotopic (exact) mass is 593 g/mol. The highest BCUT2D eigenvalue weighted by Gasteiger charge is 2.35. The molecule has 0 saturated heterocycles. The summed E-state index contributed by atoms with van der Waals surface area (Å²) < 4.78 is 61.8. The third-order valence-electron chi connectivity index (χ3n) is 6.39. The van der Waals surface area contributed by atoms with Crippen molar-refractivity contribution in [1.29, 1.82) is 0 Å². The second kappa shape index (κ2) is 11.7. The quantitative estimate of drug-likeness (QED) is 0.135. The zero-order chi connectivity index (χ0) is 30.7. The van der Waals surface area contributed by atoms with Crippen LogP contribution in [0.2, 0.25) is 0 Å². The third-order valence-corrected chi connectivity index (χ3v) is 6.39. The van der Waals surface area contributed by atoms with Crippen LogP contribution in [-0.4, -0.2) is 41.2 Å². The van der Waals surface area contributed by atoms with Gasteiger partial charge in [0.1, 0.15) is 11.6 Å². The number of hydrogen-bond donors (Lipinski definition) is 5. The molecular weight excluding hydrogens is 570 g/mol. The Labute approximate surface area is 241 Å². The molecule has 2 heterocycles. The van der Waals surface area contributed by atoms with Gasteiger partial charge >= 0.3 is 6.18 Å². The summed E-state index contributed by atoms with van der Waals surface area (Å²) in [6.07, 6.45) is -2.65. The first kappa shape index (κ1) is 28.9. The minimum atomic E-state index is -4.82. The van der Waals surface area contributed by atoms with Crippen LogP contribution in [0.3, 0.4) is 0 Å². The van der Waals surface area contributed by atoms with Crippen LogP contribution in [0.4, 0.5) is 46.1 Å². The second-order valence-electron chi connectivity index (χ2n) is 9.11. The lowest BCUT2D eigenvalue weighted by Gasteiger charge is -2.19. The number of aromatic nitrogens is 3. The number of pyridine rings is 1. The second-order valence-corrected chi connectivity index (χ2v) is 9.11. The lowest BCUT2D eigenvalue weighted by Crippen LogP contribution is -2.22. The van der Waals surface area contributed by atoms with Gasteiger partial charge in [0.25, 0.3) is 11.8 Å². The Morgan fingerprint density at radius 3 is 2.37 bits per heavy atom. The van der Waals surface area contributed by atoms with Crippen molar-refractivity contribution in [3.05, 3.63) is 95.6 Å². The normalized spacial score (nSPS) is 11.2. The zero-order valence-corrected chi connectivity index (χ0v) is 22.6. The smallest absolute Gasteiger partial charge is 0.419 e. The van der Waals surface area contributed by atoms with Crippen LogP contribution in [0.1, 0.15) is 26.3 Å². The van der Waals surface area contributed by atoms with E-state index in [0.717, 1.165) is 24.3 Å². The number of alkyl halides is 3. The average molecular weight is 594 g/mol. The minimum Gasteiger partial charge on any atom is -0.494 e. The Morgan fingerprint density at radius 1 is 0.860 bits per heavy atom. The Hall–Kier alpha value is -5.66. The van der Waals surface area contributed by atoms with Gasteiger partial charge in [-0.25, -0.2) is 9.37 Å². The summed E-state index contributed by atoms with van der Waals surface area (Å²) in [5, 5.41) is 18.0. The number of benzene rings is 3. The molecule has 5 rings (SSSR count). The number of carbonyl (C=O) groups is 2. The van der Waals surface area contributed by atoms with Gasteiger partial charge < -0.3 is 26.0 Å². The van der Waals surface area contributed by atoms with Gasteiger partial charge in [0.2, 0.25) is 0 Å². The number of methoxy groups -OCH3 is 1. The van der Waals surface area contributed by atoms with Gasteiger partial charge in [-0.3, -0.25) is 14.7 Å². The summed E-state index contributed by atoms with van der Waals surface area (Å²) in [6.45, 7) is 0. The van der Waals surface area contributed by atoms with Crippen molar-refractivity contribution in [3.8, 4) is 5.75 Å². The van der Waals surface area contributed by atoms with Crippen LogP contribution in [0.15, 0.2) is 73.1 Å². The first-order valence-electron chi connectivity index (χ1n) is 12.6. The van der Waals surface area contributed by atoms with Crippen molar-refractivity contribution < 1.29 is 31.9 Å². The molecule has 220 valence electrons. The summed E-state index contributed by atoms with van der Waals surface area (Å²) in [4.78, 5) is 29.4. The fourth-order valence-electron chi connectivity index (χ4n) is 4.37. The molecule has 0 fully saturated rings. The molecule has 10 nitrogen and oxygen atoms in total. The van der Waals surface area contributed by atoms with Crippen molar-refractivity contribution in [2.45, 2.75) is 6.18 Å². The van der Waals surface area contributed by atoms with Gasteiger partial charge in [-0.05, 0) is 42.5 Å². The molecule has 0 spiro atoms. The highest BCUT2D eigenvalue weighted by molar-refractivity contribution is 6.11. The molecule has 0 radical (unpaired) electrons. The fourth-order valence-corrected chi connectivity index (χ4v) is 4.37. The van der Waals surface area contributed by atoms with E-state index in [1.165, 1.54) is 26.3 Å². The molecule has 43 heavy (non-hydrogen) atoms. The number of nitrogens with one attached hydrogen (secondary N) is 5. The van der Waals surface area contributed by atoms with Crippen LogP contribution >= 0.6 is 0 Å². The number of hydrogen-bond acceptors (Lipinski definition) is 7. The summed E-state index contributed by atoms with van der Waals surface area (Å²) in [5.41, 5.74) is -0.670. The highest BCUT2D eigenvalue weighted by Crippen LogP contribution is 2.39. The average Bonchev–Trinajstić information content (AvgIpc) is 3.46. The van der Waals surface area contributed by atoms with Crippen LogP contribution < -0.4 is 26.0 Å². The molecule has 0 unspecified atom stereocenters. The van der Waals surface area contributed by atoms with Gasteiger partial charge in [0.15, 0.2) is 5.75 Å². The molecule has 2 aromatic heterocycles. The van der Waals surface area contributed by atoms with E-state index >= 15 is 0 Å². The molecule has 0 aliphatic rings. The number of ether oxygens (including phenoxy) is 1. The molecule has 14 heteroatoms. The summed E-state index contributed by atoms with van der Waals surface area (Å²) in [5.74, 6) is -1.74. The van der Waals surface area contributed by atoms with E-state index in [4.69, 9.17) is 4.74 Å². The van der Waals surface area contributed by atoms with E-state index < -0.39 is 35.1 Å². The van der Waals surface area contributed by atoms with Crippen molar-refractivity contribution in [2.24, 2.45) is 0 Å². The molecule has 0 aliphatic heterocycles. The maximum Gasteiger partial charge on any atom is 0.419 e. The molecule has 0 atom stereocenters. The summed E-state index contributed by atoms with van der Waals surface area (Å²) >= 11 is 0. The molecule has 5 aromatic rings. The zero-order valence-electron chi connectivity index (χ0n) is 22.6. The van der Waals surface area contributed by atoms with E-state index in [0.29, 0.717) is 28.5 Å². The number of fused-ring (bicyclic) bond motifs is 1. The molecule has 3 aromatic carbocycles. The molecule has 0 saturated carbocycles. The standard InChI is InChI=1S/C29H23F4N7O3/c1-34-27(41)16-5-3-4-6-20(16)39-28(42)17-11-15(30)7-8-21(17)37-24-12-25(35-14-19(24)29(31,32)33)38-23-10-9-22-18(13-36-40-22)26(23)43-2/h3-14H,1-2H3,(H,34,41)(H,36,40)(H,39,42)(H2,35,37,38). The van der Waals surface area contributed by atoms with E-state index in [2.05, 4.69) is 36.4 Å². The number of H-pyrrole nitrogens is 1. The Morgan fingerprint density at radius 2 is 1.63 bits per heavy atom. The predicted octanol–water partition coefficient (Wildman–Crippen LogP) is 6.22. The van der Waals surface area contributed by atoms with Crippen molar-refractivity contribution in [1.82, 2.24) is 20.5 Å². The Balaban J connectivity index is 1.51. The van der Waals surface area contributed by atoms with Crippen molar-refractivity contribution in [3.63, 3.8) is 0 Å². The van der Waals surface area contributed by atoms with Gasteiger partial charge in [0.05, 0.1) is 63.6 Å². The fraction of sp³-hybridized carbons (Fsp3) is 0.103. The SMILES string of the molecule is CNC(=O)c1ccccc1NC(=O)c1cc(F)ccc1Nc1cc(Nc2ccc3[nH]ncc3c2OC)ncc1C(F)(F)F. The van der Waals surface area contributed by atoms with E-state index in [1.807, 2.05) is 0 Å². The number of para-hydroxylation sites is 1.